The van der Waals surface area contributed by atoms with Crippen LogP contribution < -0.4 is 5.48 Å². The standard InChI is InChI=1S/C30H37NO13.2C4H8/c1-17-3-4-19(13-22(17)34)11-12-41-30-27(39)29(40-2)28(24(43-30)16-42-31-20(15-32)7-9-25(36)37)44-26(38)10-6-18-5-8-21(33)23(35)14-18;2*1-2-4-3-1/h3-6,8,10,13-15,20,24,27-31,33-35,39H,7,9,11-12,16H2,1-2H3,(H,36,37);2*1-4H2/b10-6+;;/t20-,24-,27-,28+,29+,30+;;/m0../s1. The van der Waals surface area contributed by atoms with E-state index >= 15 is 0 Å². The van der Waals surface area contributed by atoms with Crippen LogP contribution in [0.1, 0.15) is 80.9 Å². The first kappa shape index (κ1) is 42.4. The number of methoxy groups -OCH3 is 1. The van der Waals surface area contributed by atoms with Crippen molar-refractivity contribution in [1.29, 1.82) is 0 Å². The quantitative estimate of drug-likeness (QED) is 0.0463. The summed E-state index contributed by atoms with van der Waals surface area (Å²) in [5, 5.41) is 49.0. The topological polar surface area (TPSA) is 211 Å². The number of aliphatic carboxylic acids is 1. The van der Waals surface area contributed by atoms with Gasteiger partial charge in [-0.15, -0.1) is 0 Å². The third-order valence-electron chi connectivity index (χ3n) is 8.81. The normalized spacial score (nSPS) is 22.7. The van der Waals surface area contributed by atoms with Crippen molar-refractivity contribution < 1.29 is 63.7 Å². The maximum Gasteiger partial charge on any atom is 0.331 e. The molecule has 5 rings (SSSR count). The number of hydrogen-bond acceptors (Lipinski definition) is 13. The highest BCUT2D eigenvalue weighted by atomic mass is 16.7. The Hall–Kier alpha value is -4.05. The van der Waals surface area contributed by atoms with E-state index in [-0.39, 0.29) is 43.3 Å². The molecule has 14 nitrogen and oxygen atoms in total. The highest BCUT2D eigenvalue weighted by Crippen LogP contribution is 2.28. The second kappa shape index (κ2) is 22.8. The summed E-state index contributed by atoms with van der Waals surface area (Å²) in [5.41, 5.74) is 4.35. The molecule has 2 aromatic rings. The molecule has 1 aliphatic heterocycles. The van der Waals surface area contributed by atoms with E-state index in [4.69, 9.17) is 28.9 Å². The number of phenolic OH excluding ortho intramolecular Hbond substituents is 3. The third kappa shape index (κ3) is 14.5. The predicted octanol–water partition coefficient (Wildman–Crippen LogP) is 4.47. The number of hydroxylamine groups is 1. The minimum Gasteiger partial charge on any atom is -0.508 e. The van der Waals surface area contributed by atoms with Crippen LogP contribution in [0.3, 0.4) is 0 Å². The van der Waals surface area contributed by atoms with Crippen molar-refractivity contribution in [3.05, 3.63) is 59.2 Å². The molecule has 6 N–H and O–H groups in total. The summed E-state index contributed by atoms with van der Waals surface area (Å²) >= 11 is 0. The average Bonchev–Trinajstić information content (AvgIpc) is 3.05. The number of aliphatic hydroxyl groups excluding tert-OH is 1. The molecule has 0 radical (unpaired) electrons. The predicted molar refractivity (Wildman–Crippen MR) is 189 cm³/mol. The second-order valence-corrected chi connectivity index (χ2v) is 12.9. The molecule has 3 fully saturated rings. The summed E-state index contributed by atoms with van der Waals surface area (Å²) in [6.45, 7) is 1.52. The molecule has 0 bridgehead atoms. The molecule has 0 unspecified atom stereocenters. The van der Waals surface area contributed by atoms with E-state index in [2.05, 4.69) is 5.48 Å². The summed E-state index contributed by atoms with van der Waals surface area (Å²) < 4.78 is 22.8. The number of carboxylic acids is 1. The molecule has 1 heterocycles. The summed E-state index contributed by atoms with van der Waals surface area (Å²) in [6.07, 6.45) is 8.82. The zero-order valence-corrected chi connectivity index (χ0v) is 29.9. The Morgan fingerprint density at radius 3 is 2.17 bits per heavy atom. The number of hydrogen-bond donors (Lipinski definition) is 6. The Morgan fingerprint density at radius 2 is 1.62 bits per heavy atom. The summed E-state index contributed by atoms with van der Waals surface area (Å²) in [5.74, 6) is -2.51. The number of aldehydes is 1. The van der Waals surface area contributed by atoms with Crippen molar-refractivity contribution >= 4 is 24.3 Å². The monoisotopic (exact) mass is 731 g/mol. The van der Waals surface area contributed by atoms with Gasteiger partial charge in [0.15, 0.2) is 23.9 Å². The van der Waals surface area contributed by atoms with Gasteiger partial charge in [-0.2, -0.15) is 5.48 Å². The van der Waals surface area contributed by atoms with Gasteiger partial charge in [0.2, 0.25) is 0 Å². The van der Waals surface area contributed by atoms with E-state index in [1.165, 1.54) is 82.8 Å². The van der Waals surface area contributed by atoms with Gasteiger partial charge >= 0.3 is 11.9 Å². The zero-order valence-electron chi connectivity index (χ0n) is 29.9. The Balaban J connectivity index is 0.000000799. The van der Waals surface area contributed by atoms with Gasteiger partial charge < -0.3 is 49.3 Å². The van der Waals surface area contributed by atoms with E-state index < -0.39 is 48.7 Å². The second-order valence-electron chi connectivity index (χ2n) is 12.9. The fourth-order valence-electron chi connectivity index (χ4n) is 4.84. The minimum absolute atomic E-state index is 0.0416. The number of carbonyl (C=O) groups excluding carboxylic acids is 2. The number of aromatic hydroxyl groups is 3. The first-order chi connectivity index (χ1) is 25.0. The minimum atomic E-state index is -1.41. The molecule has 0 aromatic heterocycles. The molecule has 52 heavy (non-hydrogen) atoms. The molecule has 1 saturated heterocycles. The van der Waals surface area contributed by atoms with E-state index in [9.17, 15) is 34.8 Å². The summed E-state index contributed by atoms with van der Waals surface area (Å²) in [7, 11) is 1.30. The summed E-state index contributed by atoms with van der Waals surface area (Å²) in [4.78, 5) is 40.4. The Bertz CT molecular complexity index is 1410. The number of aryl methyl sites for hydroxylation is 1. The molecule has 6 atom stereocenters. The highest BCUT2D eigenvalue weighted by Gasteiger charge is 2.48. The smallest absolute Gasteiger partial charge is 0.331 e. The average molecular weight is 732 g/mol. The molecular weight excluding hydrogens is 678 g/mol. The lowest BCUT2D eigenvalue weighted by atomic mass is 9.98. The SMILES string of the molecule is C1CCC1.C1CCC1.CO[C@@H]1[C@H](O)[C@H](OCCc2ccc(C)c(O)c2)O[C@@H](CON[C@H](C=O)CCC(=O)O)[C@H]1OC(=O)/C=C/c1ccc(O)c(O)c1. The molecule has 14 heteroatoms. The Morgan fingerprint density at radius 1 is 0.942 bits per heavy atom. The van der Waals surface area contributed by atoms with Crippen molar-refractivity contribution in [2.75, 3.05) is 20.3 Å². The van der Waals surface area contributed by atoms with Crippen molar-refractivity contribution in [3.8, 4) is 17.2 Å². The molecule has 2 aliphatic carbocycles. The van der Waals surface area contributed by atoms with E-state index in [1.807, 2.05) is 6.07 Å². The fraction of sp³-hybridized carbons (Fsp3) is 0.553. The van der Waals surface area contributed by atoms with Crippen LogP contribution in [0.25, 0.3) is 6.08 Å². The number of phenols is 3. The molecule has 3 aliphatic rings. The van der Waals surface area contributed by atoms with E-state index in [0.717, 1.165) is 17.2 Å². The first-order valence-electron chi connectivity index (χ1n) is 17.7. The maximum atomic E-state index is 12.8. The molecule has 2 aromatic carbocycles. The lowest BCUT2D eigenvalue weighted by molar-refractivity contribution is -0.309. The van der Waals surface area contributed by atoms with Crippen LogP contribution >= 0.6 is 0 Å². The van der Waals surface area contributed by atoms with Crippen LogP contribution in [0.5, 0.6) is 17.2 Å². The van der Waals surface area contributed by atoms with Crippen LogP contribution in [0.15, 0.2) is 42.5 Å². The third-order valence-corrected chi connectivity index (χ3v) is 8.81. The molecule has 0 spiro atoms. The number of carboxylic acid groups (broad SMARTS) is 1. The van der Waals surface area contributed by atoms with E-state index in [0.29, 0.717) is 18.3 Å². The van der Waals surface area contributed by atoms with Gasteiger partial charge in [-0.05, 0) is 60.7 Å². The van der Waals surface area contributed by atoms with E-state index in [1.54, 1.807) is 19.1 Å². The first-order valence-corrected chi connectivity index (χ1v) is 17.7. The largest absolute Gasteiger partial charge is 0.508 e. The lowest BCUT2D eigenvalue weighted by Gasteiger charge is -2.43. The fourth-order valence-corrected chi connectivity index (χ4v) is 4.84. The zero-order chi connectivity index (χ0) is 37.9. The molecular formula is C38H53NO13. The van der Waals surface area contributed by atoms with Gasteiger partial charge in [-0.1, -0.05) is 69.6 Å². The number of rotatable bonds is 16. The van der Waals surface area contributed by atoms with Crippen LogP contribution in [0, 0.1) is 6.92 Å². The lowest BCUT2D eigenvalue weighted by Crippen LogP contribution is -2.61. The van der Waals surface area contributed by atoms with Gasteiger partial charge in [0.25, 0.3) is 0 Å². The van der Waals surface area contributed by atoms with Gasteiger partial charge in [0.1, 0.15) is 30.3 Å². The van der Waals surface area contributed by atoms with Crippen LogP contribution in [0.4, 0.5) is 0 Å². The Labute approximate surface area is 304 Å². The number of benzene rings is 2. The van der Waals surface area contributed by atoms with Crippen molar-refractivity contribution in [3.63, 3.8) is 0 Å². The molecule has 288 valence electrons. The van der Waals surface area contributed by atoms with Crippen LogP contribution in [0.2, 0.25) is 0 Å². The van der Waals surface area contributed by atoms with Crippen molar-refractivity contribution in [1.82, 2.24) is 5.48 Å². The Kier molecular flexibility index (Phi) is 18.6. The van der Waals surface area contributed by atoms with Gasteiger partial charge in [-0.25, -0.2) is 4.79 Å². The maximum absolute atomic E-state index is 12.8. The van der Waals surface area contributed by atoms with Gasteiger partial charge in [-0.3, -0.25) is 9.63 Å². The van der Waals surface area contributed by atoms with Gasteiger partial charge in [0, 0.05) is 19.6 Å². The van der Waals surface area contributed by atoms with Crippen LogP contribution in [-0.4, -0.2) is 101 Å². The number of nitrogens with one attached hydrogen (secondary N) is 1. The number of aliphatic hydroxyl groups is 1. The summed E-state index contributed by atoms with van der Waals surface area (Å²) in [6, 6.07) is 8.19. The van der Waals surface area contributed by atoms with Crippen LogP contribution in [-0.2, 0) is 44.6 Å². The highest BCUT2D eigenvalue weighted by molar-refractivity contribution is 5.87. The molecule has 2 saturated carbocycles. The number of esters is 1. The molecule has 0 amide bonds. The number of ether oxygens (including phenoxy) is 4. The number of carbonyl (C=O) groups is 3. The van der Waals surface area contributed by atoms with Crippen molar-refractivity contribution in [2.24, 2.45) is 0 Å². The van der Waals surface area contributed by atoms with Gasteiger partial charge in [0.05, 0.1) is 19.3 Å². The van der Waals surface area contributed by atoms with Crippen molar-refractivity contribution in [2.45, 2.75) is 114 Å².